The Morgan fingerprint density at radius 3 is 2.80 bits per heavy atom. The summed E-state index contributed by atoms with van der Waals surface area (Å²) < 4.78 is 11.1. The summed E-state index contributed by atoms with van der Waals surface area (Å²) in [5.41, 5.74) is 6.76. The third-order valence-electron chi connectivity index (χ3n) is 3.20. The van der Waals surface area contributed by atoms with Gasteiger partial charge in [0.05, 0.1) is 16.8 Å². The van der Waals surface area contributed by atoms with Crippen LogP contribution in [0.2, 0.25) is 0 Å². The quantitative estimate of drug-likeness (QED) is 0.849. The van der Waals surface area contributed by atoms with Crippen LogP contribution in [-0.4, -0.2) is 11.0 Å². The Morgan fingerprint density at radius 2 is 2.05 bits per heavy atom. The summed E-state index contributed by atoms with van der Waals surface area (Å²) in [4.78, 5) is 15.9. The summed E-state index contributed by atoms with van der Waals surface area (Å²) in [7, 11) is 0. The first-order valence-electron chi connectivity index (χ1n) is 6.24. The zero-order chi connectivity index (χ0) is 14.3. The van der Waals surface area contributed by atoms with Crippen LogP contribution in [0.5, 0.6) is 11.6 Å². The molecule has 0 aliphatic carbocycles. The zero-order valence-corrected chi connectivity index (χ0v) is 11.2. The van der Waals surface area contributed by atoms with E-state index in [0.717, 1.165) is 5.56 Å². The number of esters is 1. The average Bonchev–Trinajstić information content (AvgIpc) is 2.64. The predicted octanol–water partition coefficient (Wildman–Crippen LogP) is 2.86. The van der Waals surface area contributed by atoms with Gasteiger partial charge in [-0.15, -0.1) is 0 Å². The van der Waals surface area contributed by atoms with Crippen molar-refractivity contribution >= 4 is 11.7 Å². The molecule has 2 N–H and O–H groups in total. The van der Waals surface area contributed by atoms with E-state index < -0.39 is 5.60 Å². The molecule has 1 aliphatic heterocycles. The van der Waals surface area contributed by atoms with E-state index in [-0.39, 0.29) is 5.97 Å². The van der Waals surface area contributed by atoms with Gasteiger partial charge in [0.25, 0.3) is 0 Å². The Hall–Kier alpha value is -2.56. The molecule has 1 aromatic heterocycles. The maximum absolute atomic E-state index is 11.8. The van der Waals surface area contributed by atoms with Crippen LogP contribution in [0.1, 0.15) is 29.8 Å². The number of hydrogen-bond donors (Lipinski definition) is 1. The van der Waals surface area contributed by atoms with Gasteiger partial charge in [-0.2, -0.15) is 0 Å². The minimum atomic E-state index is -0.730. The average molecular weight is 270 g/mol. The van der Waals surface area contributed by atoms with Gasteiger partial charge in [0.2, 0.25) is 5.88 Å². The maximum Gasteiger partial charge on any atom is 0.339 e. The number of pyridine rings is 1. The van der Waals surface area contributed by atoms with E-state index in [2.05, 4.69) is 4.98 Å². The molecule has 1 aliphatic rings. The monoisotopic (exact) mass is 270 g/mol. The molecule has 1 aromatic carbocycles. The van der Waals surface area contributed by atoms with Crippen LogP contribution in [-0.2, 0) is 10.3 Å². The third kappa shape index (κ3) is 1.87. The van der Waals surface area contributed by atoms with Gasteiger partial charge in [0.1, 0.15) is 11.4 Å². The van der Waals surface area contributed by atoms with E-state index in [9.17, 15) is 4.79 Å². The molecule has 3 rings (SSSR count). The molecule has 0 amide bonds. The fourth-order valence-corrected chi connectivity index (χ4v) is 2.34. The first-order valence-corrected chi connectivity index (χ1v) is 6.24. The van der Waals surface area contributed by atoms with Gasteiger partial charge in [-0.25, -0.2) is 9.78 Å². The highest BCUT2D eigenvalue weighted by molar-refractivity contribution is 5.95. The number of nitrogens with zero attached hydrogens (tertiary/aromatic N) is 1. The van der Waals surface area contributed by atoms with Gasteiger partial charge >= 0.3 is 5.97 Å². The van der Waals surface area contributed by atoms with Crippen LogP contribution in [0.25, 0.3) is 0 Å². The molecule has 0 atom stereocenters. The summed E-state index contributed by atoms with van der Waals surface area (Å²) >= 11 is 0. The Balaban J connectivity index is 2.09. The highest BCUT2D eigenvalue weighted by Gasteiger charge is 2.40. The van der Waals surface area contributed by atoms with Crippen LogP contribution in [0, 0.1) is 0 Å². The number of carbonyl (C=O) groups is 1. The topological polar surface area (TPSA) is 74.4 Å². The molecule has 5 heteroatoms. The summed E-state index contributed by atoms with van der Waals surface area (Å²) in [5.74, 6) is 0.504. The van der Waals surface area contributed by atoms with E-state index in [1.165, 1.54) is 0 Å². The molecule has 0 saturated carbocycles. The highest BCUT2D eigenvalue weighted by atomic mass is 16.6. The van der Waals surface area contributed by atoms with Crippen molar-refractivity contribution in [2.45, 2.75) is 19.4 Å². The number of aromatic nitrogens is 1. The van der Waals surface area contributed by atoms with Crippen molar-refractivity contribution in [2.75, 3.05) is 5.73 Å². The number of cyclic esters (lactones) is 1. The number of carbonyl (C=O) groups excluding carboxylic acids is 1. The highest BCUT2D eigenvalue weighted by Crippen LogP contribution is 2.43. The molecular weight excluding hydrogens is 256 g/mol. The molecular formula is C15H14N2O3. The van der Waals surface area contributed by atoms with Crippen LogP contribution < -0.4 is 10.5 Å². The minimum Gasteiger partial charge on any atom is -0.451 e. The van der Waals surface area contributed by atoms with Crippen LogP contribution in [0.4, 0.5) is 5.69 Å². The summed E-state index contributed by atoms with van der Waals surface area (Å²) in [6.07, 6.45) is 1.60. The van der Waals surface area contributed by atoms with E-state index >= 15 is 0 Å². The normalized spacial score (nSPS) is 15.6. The van der Waals surface area contributed by atoms with Crippen LogP contribution in [0.3, 0.4) is 0 Å². The number of hydrogen-bond acceptors (Lipinski definition) is 5. The largest absolute Gasteiger partial charge is 0.451 e. The van der Waals surface area contributed by atoms with Gasteiger partial charge in [-0.1, -0.05) is 6.07 Å². The lowest BCUT2D eigenvalue weighted by atomic mass is 9.95. The molecule has 102 valence electrons. The zero-order valence-electron chi connectivity index (χ0n) is 11.2. The SMILES string of the molecule is CC1(C)OC(=O)c2cccc(Oc3ncccc3N)c21. The Morgan fingerprint density at radius 1 is 1.25 bits per heavy atom. The number of benzene rings is 1. The molecule has 20 heavy (non-hydrogen) atoms. The summed E-state index contributed by atoms with van der Waals surface area (Å²) in [5, 5.41) is 0. The second-order valence-corrected chi connectivity index (χ2v) is 5.08. The second kappa shape index (κ2) is 4.23. The molecule has 2 heterocycles. The van der Waals surface area contributed by atoms with Gasteiger partial charge in [-0.3, -0.25) is 0 Å². The Labute approximate surface area is 116 Å². The predicted molar refractivity (Wildman–Crippen MR) is 73.6 cm³/mol. The third-order valence-corrected chi connectivity index (χ3v) is 3.20. The van der Waals surface area contributed by atoms with Crippen molar-refractivity contribution in [2.24, 2.45) is 0 Å². The van der Waals surface area contributed by atoms with Crippen LogP contribution >= 0.6 is 0 Å². The molecule has 5 nitrogen and oxygen atoms in total. The molecule has 0 bridgehead atoms. The van der Waals surface area contributed by atoms with Crippen molar-refractivity contribution in [3.63, 3.8) is 0 Å². The van der Waals surface area contributed by atoms with Crippen molar-refractivity contribution in [1.29, 1.82) is 0 Å². The Kier molecular flexibility index (Phi) is 2.64. The molecule has 0 saturated heterocycles. The van der Waals surface area contributed by atoms with Crippen molar-refractivity contribution in [1.82, 2.24) is 4.98 Å². The number of nitrogen functional groups attached to an aromatic ring is 1. The first-order chi connectivity index (χ1) is 9.49. The molecule has 0 fully saturated rings. The second-order valence-electron chi connectivity index (χ2n) is 5.08. The van der Waals surface area contributed by atoms with Crippen molar-refractivity contribution < 1.29 is 14.3 Å². The lowest BCUT2D eigenvalue weighted by Gasteiger charge is -2.20. The van der Waals surface area contributed by atoms with E-state index in [4.69, 9.17) is 15.2 Å². The minimum absolute atomic E-state index is 0.316. The van der Waals surface area contributed by atoms with Gasteiger partial charge < -0.3 is 15.2 Å². The number of nitrogens with two attached hydrogens (primary N) is 1. The molecule has 0 radical (unpaired) electrons. The first kappa shape index (κ1) is 12.5. The smallest absolute Gasteiger partial charge is 0.339 e. The van der Waals surface area contributed by atoms with Crippen molar-refractivity contribution in [3.8, 4) is 11.6 Å². The molecule has 2 aromatic rings. The van der Waals surface area contributed by atoms with E-state index in [1.807, 2.05) is 13.8 Å². The summed E-state index contributed by atoms with van der Waals surface area (Å²) in [6, 6.07) is 8.68. The van der Waals surface area contributed by atoms with Crippen molar-refractivity contribution in [3.05, 3.63) is 47.7 Å². The summed E-state index contributed by atoms with van der Waals surface area (Å²) in [6.45, 7) is 3.65. The number of rotatable bonds is 2. The Bertz CT molecular complexity index is 695. The lowest BCUT2D eigenvalue weighted by Crippen LogP contribution is -2.17. The lowest BCUT2D eigenvalue weighted by molar-refractivity contribution is 0.00908. The van der Waals surface area contributed by atoms with E-state index in [1.54, 1.807) is 36.5 Å². The van der Waals surface area contributed by atoms with E-state index in [0.29, 0.717) is 22.9 Å². The molecule has 0 unspecified atom stereocenters. The fourth-order valence-electron chi connectivity index (χ4n) is 2.34. The number of anilines is 1. The number of fused-ring (bicyclic) bond motifs is 1. The van der Waals surface area contributed by atoms with Gasteiger partial charge in [0, 0.05) is 6.20 Å². The van der Waals surface area contributed by atoms with Crippen LogP contribution in [0.15, 0.2) is 36.5 Å². The maximum atomic E-state index is 11.8. The van der Waals surface area contributed by atoms with Gasteiger partial charge in [0.15, 0.2) is 0 Å². The molecule has 0 spiro atoms. The fraction of sp³-hybridized carbons (Fsp3) is 0.200. The number of ether oxygens (including phenoxy) is 2. The standard InChI is InChI=1S/C15H14N2O3/c1-15(2)12-9(14(18)20-15)5-3-7-11(12)19-13-10(16)6-4-8-17-13/h3-8H,16H2,1-2H3. The van der Waals surface area contributed by atoms with Gasteiger partial charge in [-0.05, 0) is 38.1 Å².